The Labute approximate surface area is 508 Å². The Balaban J connectivity index is 0.867. The summed E-state index contributed by atoms with van der Waals surface area (Å²) in [5.41, 5.74) is 8.32. The molecule has 22 nitrogen and oxygen atoms in total. The molecule has 3 aromatic rings. The number of unbranched alkanes of at least 4 members (excludes halogenated alkanes) is 1. The van der Waals surface area contributed by atoms with Crippen LogP contribution in [0.5, 0.6) is 0 Å². The molecule has 2 bridgehead atoms. The Bertz CT molecular complexity index is 2970. The van der Waals surface area contributed by atoms with E-state index in [9.17, 15) is 32.4 Å². The number of nitrogens with zero attached hydrogens (tertiary/aromatic N) is 5. The summed E-state index contributed by atoms with van der Waals surface area (Å²) in [6.45, 7) is 11.2. The molecule has 0 spiro atoms. The lowest BCUT2D eigenvalue weighted by molar-refractivity contribution is -0.142. The van der Waals surface area contributed by atoms with Crippen molar-refractivity contribution in [2.75, 3.05) is 65.9 Å². The van der Waals surface area contributed by atoms with Gasteiger partial charge in [-0.15, -0.1) is 21.3 Å². The Morgan fingerprint density at radius 2 is 1.66 bits per heavy atom. The molecule has 85 heavy (non-hydrogen) atoms. The smallest absolute Gasteiger partial charge is 0.332 e. The minimum atomic E-state index is -4.09. The molecule has 25 heteroatoms. The zero-order chi connectivity index (χ0) is 61.0. The third-order valence-electron chi connectivity index (χ3n) is 13.8. The fraction of sp³-hybridized carbons (Fsp3) is 0.533. The van der Waals surface area contributed by atoms with Gasteiger partial charge in [-0.3, -0.25) is 14.3 Å². The fourth-order valence-corrected chi connectivity index (χ4v) is 12.5. The molecule has 0 aliphatic carbocycles. The molecular formula is C60H85N11O11S3. The molecule has 4 amide bonds. The minimum Gasteiger partial charge on any atom is -0.459 e. The first-order valence-corrected chi connectivity index (χ1v) is 32.5. The van der Waals surface area contributed by atoms with Crippen LogP contribution in [-0.2, 0) is 80.4 Å². The summed E-state index contributed by atoms with van der Waals surface area (Å²) in [5, 5.41) is 23.3. The number of carbonyl (C=O) groups excluding carboxylic acids is 5. The number of thioether (sulfide) groups is 1. The largest absolute Gasteiger partial charge is 0.459 e. The lowest BCUT2D eigenvalue weighted by Gasteiger charge is -2.16. The normalized spacial score (nSPS) is 21.7. The Kier molecular flexibility index (Phi) is 28.5. The molecule has 0 radical (unpaired) electrons. The van der Waals surface area contributed by atoms with E-state index in [-0.39, 0.29) is 60.0 Å². The molecule has 3 aliphatic rings. The number of likely N-dealkylation sites (N-methyl/N-ethyl adjacent to an activating group) is 1. The molecule has 6 N–H and O–H groups in total. The molecule has 2 saturated heterocycles. The number of nitrogens with one attached hydrogen (secondary N) is 6. The number of benzene rings is 1. The summed E-state index contributed by atoms with van der Waals surface area (Å²) in [7, 11) is -0.0669. The first-order valence-electron chi connectivity index (χ1n) is 29.1. The van der Waals surface area contributed by atoms with Gasteiger partial charge in [0.15, 0.2) is 0 Å². The summed E-state index contributed by atoms with van der Waals surface area (Å²) < 4.78 is 51.6. The number of esters is 2. The van der Waals surface area contributed by atoms with Crippen molar-refractivity contribution in [1.82, 2.24) is 56.4 Å². The predicted molar refractivity (Wildman–Crippen MR) is 329 cm³/mol. The molecular weight excluding hydrogens is 1150 g/mol. The van der Waals surface area contributed by atoms with Gasteiger partial charge >= 0.3 is 18.0 Å². The number of hydrogen-bond acceptors (Lipinski definition) is 18. The second kappa shape index (κ2) is 35.9. The number of aryl methyl sites for hydroxylation is 4. The van der Waals surface area contributed by atoms with Gasteiger partial charge in [-0.2, -0.15) is 11.8 Å². The van der Waals surface area contributed by atoms with E-state index in [1.165, 1.54) is 35.6 Å². The Morgan fingerprint density at radius 3 is 2.46 bits per heavy atom. The maximum atomic E-state index is 13.6. The van der Waals surface area contributed by atoms with Gasteiger partial charge in [-0.05, 0) is 111 Å². The van der Waals surface area contributed by atoms with E-state index in [0.29, 0.717) is 95.3 Å². The van der Waals surface area contributed by atoms with Gasteiger partial charge in [0, 0.05) is 92.3 Å². The third-order valence-corrected chi connectivity index (χ3v) is 17.5. The van der Waals surface area contributed by atoms with Crippen molar-refractivity contribution >= 4 is 62.9 Å². The SMILES string of the molecule is CC(/C=C/C(C)=C/[C@@H]1Cc2nc(cs2)CC/C(NNS(=O)(=O)c2ccc(CCc3cn(CCCNC(=O)CCOCCOCCNC(=O)CCCC[C@@H]4SC[C@@H]5NC(=O)N[C@@H]54)nn3)cc2)=C/C(=O)O[C@@H](C)C/C(C)=C/C=C\C(=O)O1)=C\CN(C)C. The van der Waals surface area contributed by atoms with E-state index >= 15 is 0 Å². The molecule has 2 fully saturated rings. The number of amides is 4. The number of hydrazine groups is 1. The van der Waals surface area contributed by atoms with Crippen molar-refractivity contribution in [3.8, 4) is 0 Å². The van der Waals surface area contributed by atoms with Crippen LogP contribution in [0.1, 0.15) is 101 Å². The number of thiazole rings is 1. The highest BCUT2D eigenvalue weighted by Crippen LogP contribution is 2.33. The summed E-state index contributed by atoms with van der Waals surface area (Å²) >= 11 is 3.30. The van der Waals surface area contributed by atoms with Gasteiger partial charge in [0.25, 0.3) is 10.0 Å². The molecule has 6 rings (SSSR count). The van der Waals surface area contributed by atoms with Crippen molar-refractivity contribution in [2.45, 2.75) is 146 Å². The Hall–Kier alpha value is -6.48. The Morgan fingerprint density at radius 1 is 0.894 bits per heavy atom. The fourth-order valence-electron chi connectivity index (χ4n) is 9.25. The van der Waals surface area contributed by atoms with Crippen LogP contribution in [0, 0.1) is 0 Å². The second-order valence-corrected chi connectivity index (χ2v) is 25.5. The number of rotatable bonds is 30. The van der Waals surface area contributed by atoms with Crippen LogP contribution >= 0.6 is 23.1 Å². The van der Waals surface area contributed by atoms with Crippen LogP contribution in [0.15, 0.2) is 112 Å². The number of aromatic nitrogens is 4. The second-order valence-electron chi connectivity index (χ2n) is 21.6. The number of hydrogen-bond donors (Lipinski definition) is 6. The molecule has 5 atom stereocenters. The highest BCUT2D eigenvalue weighted by molar-refractivity contribution is 8.00. The van der Waals surface area contributed by atoms with Crippen molar-refractivity contribution in [3.05, 3.63) is 129 Å². The van der Waals surface area contributed by atoms with Crippen LogP contribution in [0.3, 0.4) is 0 Å². The number of fused-ring (bicyclic) bond motifs is 3. The van der Waals surface area contributed by atoms with E-state index in [1.54, 1.807) is 35.9 Å². The molecule has 1 aromatic carbocycles. The van der Waals surface area contributed by atoms with Crippen molar-refractivity contribution in [2.24, 2.45) is 0 Å². The van der Waals surface area contributed by atoms with E-state index < -0.39 is 34.2 Å². The minimum absolute atomic E-state index is 0.00191. The summed E-state index contributed by atoms with van der Waals surface area (Å²) in [4.78, 5) is 71.7. The van der Waals surface area contributed by atoms with E-state index in [2.05, 4.69) is 52.8 Å². The average Bonchev–Trinajstić information content (AvgIpc) is 4.28. The first-order chi connectivity index (χ1) is 40.8. The number of ether oxygens (including phenoxy) is 4. The molecule has 0 saturated carbocycles. The van der Waals surface area contributed by atoms with E-state index in [1.807, 2.05) is 76.4 Å². The maximum Gasteiger partial charge on any atom is 0.332 e. The average molecular weight is 1230 g/mol. The maximum absolute atomic E-state index is 13.6. The third kappa shape index (κ3) is 26.0. The molecule has 3 aliphatic heterocycles. The number of cyclic esters (lactones) is 2. The monoisotopic (exact) mass is 1230 g/mol. The van der Waals surface area contributed by atoms with Gasteiger partial charge in [0.1, 0.15) is 12.2 Å². The molecule has 0 unspecified atom stereocenters. The van der Waals surface area contributed by atoms with Crippen molar-refractivity contribution in [1.29, 1.82) is 0 Å². The van der Waals surface area contributed by atoms with Crippen molar-refractivity contribution < 1.29 is 51.3 Å². The van der Waals surface area contributed by atoms with Gasteiger partial charge < -0.3 is 50.5 Å². The van der Waals surface area contributed by atoms with Gasteiger partial charge in [0.05, 0.1) is 59.8 Å². The predicted octanol–water partition coefficient (Wildman–Crippen LogP) is 5.89. The standard InChI is InChI=1S/C60H85N11O11S3/c1-42(25-30-70(5)6)15-16-44(3)36-50-38-56-63-49(40-84-56)22-21-47(37-58(75)81-45(4)35-43(2)11-9-14-57(74)82-50)67-69-85(77,78)51-23-18-46(19-24-51)17-20-48-39-71(68-66-48)29-10-27-61-55(73)26-31-79-33-34-80-32-28-62-54(72)13-8-7-12-53-59-52(41-83-53)64-60(76)65-59/h9,11,14-16,18-19,23-25,36-37,39-40,45,50,52-53,59,67,69H,7-8,10,12-13,17,20-22,26-35,38,41H2,1-6H3,(H,61,73)(H,62,72)(H2,64,65,76)/b14-9-,16-15+,42-25+,43-11+,44-36+,47-37-/t45-,50+,52-,53-,59-/m0/s1. The zero-order valence-corrected chi connectivity index (χ0v) is 52.2. The van der Waals surface area contributed by atoms with Gasteiger partial charge in [0.2, 0.25) is 11.8 Å². The molecule has 464 valence electrons. The van der Waals surface area contributed by atoms with Crippen LogP contribution < -0.4 is 31.5 Å². The first kappa shape index (κ1) is 67.6. The van der Waals surface area contributed by atoms with Crippen LogP contribution in [0.4, 0.5) is 4.79 Å². The van der Waals surface area contributed by atoms with Gasteiger partial charge in [-0.25, -0.2) is 27.8 Å². The number of allylic oxidation sites excluding steroid dienone is 7. The topological polar surface area (TPSA) is 275 Å². The summed E-state index contributed by atoms with van der Waals surface area (Å²) in [6, 6.07) is 6.84. The highest BCUT2D eigenvalue weighted by Gasteiger charge is 2.42. The highest BCUT2D eigenvalue weighted by atomic mass is 32.2. The lowest BCUT2D eigenvalue weighted by Crippen LogP contribution is -2.37. The van der Waals surface area contributed by atoms with Crippen LogP contribution in [-0.4, -0.2) is 159 Å². The zero-order valence-electron chi connectivity index (χ0n) is 49.8. The van der Waals surface area contributed by atoms with Gasteiger partial charge in [-0.1, -0.05) is 70.9 Å². The number of sulfonamides is 1. The number of urea groups is 1. The summed E-state index contributed by atoms with van der Waals surface area (Å²) in [5.74, 6) is -0.344. The number of carbonyl (C=O) groups is 5. The summed E-state index contributed by atoms with van der Waals surface area (Å²) in [6.07, 6.45) is 21.3. The quantitative estimate of drug-likeness (QED) is 0.0149. The molecule has 5 heterocycles. The van der Waals surface area contributed by atoms with Crippen LogP contribution in [0.2, 0.25) is 0 Å². The van der Waals surface area contributed by atoms with E-state index in [0.717, 1.165) is 64.5 Å². The van der Waals surface area contributed by atoms with Crippen LogP contribution in [0.25, 0.3) is 0 Å². The molecule has 2 aromatic heterocycles. The van der Waals surface area contributed by atoms with Crippen molar-refractivity contribution in [3.63, 3.8) is 0 Å². The van der Waals surface area contributed by atoms with E-state index in [4.69, 9.17) is 23.9 Å². The lowest BCUT2D eigenvalue weighted by atomic mass is 10.0.